The van der Waals surface area contributed by atoms with Gasteiger partial charge in [0, 0.05) is 17.3 Å². The summed E-state index contributed by atoms with van der Waals surface area (Å²) in [5, 5.41) is 14.0. The Morgan fingerprint density at radius 1 is 1.00 bits per heavy atom. The fourth-order valence-corrected chi connectivity index (χ4v) is 8.54. The van der Waals surface area contributed by atoms with Crippen LogP contribution in [0.25, 0.3) is 0 Å². The fourth-order valence-electron chi connectivity index (χ4n) is 5.82. The average Bonchev–Trinajstić information content (AvgIpc) is 3.09. The molecule has 1 atom stereocenters. The number of nitrogens with one attached hydrogen (secondary N) is 1. The number of para-hydroxylation sites is 2. The maximum atomic E-state index is 16.3. The molecule has 0 fully saturated rings. The van der Waals surface area contributed by atoms with Crippen LogP contribution in [-0.4, -0.2) is 25.2 Å². The normalized spacial score (nSPS) is 18.5. The van der Waals surface area contributed by atoms with Crippen molar-refractivity contribution in [1.82, 2.24) is 0 Å². The zero-order valence-electron chi connectivity index (χ0n) is 23.6. The molecule has 2 N–H and O–H groups in total. The molecule has 0 radical (unpaired) electrons. The molecule has 11 heteroatoms. The van der Waals surface area contributed by atoms with Crippen LogP contribution in [0.3, 0.4) is 0 Å². The van der Waals surface area contributed by atoms with E-state index in [1.54, 1.807) is 38.1 Å². The minimum atomic E-state index is -4.14. The highest BCUT2D eigenvalue weighted by atomic mass is 79.9. The maximum Gasteiger partial charge on any atom is 0.262 e. The second-order valence-corrected chi connectivity index (χ2v) is 14.3. The van der Waals surface area contributed by atoms with E-state index in [1.165, 1.54) is 48.5 Å². The SMILES string of the molecule is CC1(C)CC2=C(C(c3ccc(Oc4ccccc4Br)cc3F)N(C(=O)c3ccccc3F)c3cccc(O)c3N2)S(=O)(=O)C1. The Labute approximate surface area is 261 Å². The summed E-state index contributed by atoms with van der Waals surface area (Å²) >= 11 is 3.40. The Morgan fingerprint density at radius 2 is 1.73 bits per heavy atom. The number of allylic oxidation sites excluding steroid dienone is 1. The first-order valence-electron chi connectivity index (χ1n) is 13.7. The number of amides is 1. The summed E-state index contributed by atoms with van der Waals surface area (Å²) in [5.41, 5.74) is -0.899. The molecule has 2 aliphatic rings. The van der Waals surface area contributed by atoms with Crippen LogP contribution in [0.15, 0.2) is 100 Å². The summed E-state index contributed by atoms with van der Waals surface area (Å²) in [7, 11) is -4.14. The van der Waals surface area contributed by atoms with Gasteiger partial charge >= 0.3 is 0 Å². The topological polar surface area (TPSA) is 95.9 Å². The van der Waals surface area contributed by atoms with Crippen LogP contribution in [0.2, 0.25) is 0 Å². The minimum absolute atomic E-state index is 0.0504. The third kappa shape index (κ3) is 5.35. The lowest BCUT2D eigenvalue weighted by Gasteiger charge is -2.37. The molecule has 4 aromatic rings. The summed E-state index contributed by atoms with van der Waals surface area (Å²) in [6.07, 6.45) is 0.221. The number of ether oxygens (including phenoxy) is 1. The molecule has 2 aliphatic heterocycles. The predicted molar refractivity (Wildman–Crippen MR) is 168 cm³/mol. The van der Waals surface area contributed by atoms with Gasteiger partial charge in [0.15, 0.2) is 9.84 Å². The van der Waals surface area contributed by atoms with Gasteiger partial charge in [0.2, 0.25) is 0 Å². The van der Waals surface area contributed by atoms with Crippen molar-refractivity contribution in [2.24, 2.45) is 5.41 Å². The maximum absolute atomic E-state index is 16.3. The molecule has 226 valence electrons. The van der Waals surface area contributed by atoms with Crippen LogP contribution in [0.1, 0.15) is 42.2 Å². The van der Waals surface area contributed by atoms with Crippen molar-refractivity contribution in [3.63, 3.8) is 0 Å². The van der Waals surface area contributed by atoms with Crippen LogP contribution < -0.4 is 15.0 Å². The molecule has 0 spiro atoms. The van der Waals surface area contributed by atoms with Gasteiger partial charge in [0.1, 0.15) is 40.6 Å². The number of fused-ring (bicyclic) bond motifs is 1. The molecule has 1 unspecified atom stereocenters. The average molecular weight is 682 g/mol. The molecule has 1 amide bonds. The second-order valence-electron chi connectivity index (χ2n) is 11.5. The number of rotatable bonds is 4. The summed E-state index contributed by atoms with van der Waals surface area (Å²) in [6.45, 7) is 3.58. The van der Waals surface area contributed by atoms with E-state index >= 15 is 8.78 Å². The molecule has 7 nitrogen and oxygen atoms in total. The zero-order chi connectivity index (χ0) is 31.4. The molecule has 0 bridgehead atoms. The minimum Gasteiger partial charge on any atom is -0.506 e. The third-order valence-corrected chi connectivity index (χ3v) is 10.5. The lowest BCUT2D eigenvalue weighted by Crippen LogP contribution is -2.41. The first kappa shape index (κ1) is 29.8. The van der Waals surface area contributed by atoms with Crippen molar-refractivity contribution in [1.29, 1.82) is 0 Å². The Kier molecular flexibility index (Phi) is 7.49. The van der Waals surface area contributed by atoms with E-state index in [9.17, 15) is 18.3 Å². The van der Waals surface area contributed by atoms with Gasteiger partial charge < -0.3 is 15.2 Å². The Hall–Kier alpha value is -4.22. The predicted octanol–water partition coefficient (Wildman–Crippen LogP) is 8.10. The number of carbonyl (C=O) groups excluding carboxylic acids is 1. The highest BCUT2D eigenvalue weighted by Crippen LogP contribution is 2.52. The van der Waals surface area contributed by atoms with Crippen molar-refractivity contribution >= 4 is 43.0 Å². The molecule has 0 aliphatic carbocycles. The molecule has 44 heavy (non-hydrogen) atoms. The molecule has 0 saturated carbocycles. The molecular weight excluding hydrogens is 654 g/mol. The first-order chi connectivity index (χ1) is 20.9. The highest BCUT2D eigenvalue weighted by molar-refractivity contribution is 9.10. The molecule has 2 heterocycles. The number of nitrogens with zero attached hydrogens (tertiary/aromatic N) is 1. The van der Waals surface area contributed by atoms with Gasteiger partial charge in [-0.3, -0.25) is 9.69 Å². The number of anilines is 2. The molecule has 4 aromatic carbocycles. The van der Waals surface area contributed by atoms with Gasteiger partial charge in [-0.25, -0.2) is 17.2 Å². The summed E-state index contributed by atoms with van der Waals surface area (Å²) < 4.78 is 66.1. The van der Waals surface area contributed by atoms with Crippen LogP contribution in [0.5, 0.6) is 17.2 Å². The fraction of sp³-hybridized carbons (Fsp3) is 0.182. The van der Waals surface area contributed by atoms with E-state index in [-0.39, 0.29) is 56.8 Å². The van der Waals surface area contributed by atoms with E-state index in [0.29, 0.717) is 10.2 Å². The van der Waals surface area contributed by atoms with E-state index in [4.69, 9.17) is 4.74 Å². The Bertz CT molecular complexity index is 1960. The van der Waals surface area contributed by atoms with Gasteiger partial charge in [-0.2, -0.15) is 0 Å². The lowest BCUT2D eigenvalue weighted by molar-refractivity contribution is 0.0976. The molecule has 0 aromatic heterocycles. The number of halogens is 3. The quantitative estimate of drug-likeness (QED) is 0.212. The van der Waals surface area contributed by atoms with Crippen molar-refractivity contribution in [3.05, 3.63) is 123 Å². The largest absolute Gasteiger partial charge is 0.506 e. The molecular formula is C33H27BrF2N2O5S. The van der Waals surface area contributed by atoms with Crippen molar-refractivity contribution in [2.75, 3.05) is 16.0 Å². The number of hydrogen-bond acceptors (Lipinski definition) is 6. The smallest absolute Gasteiger partial charge is 0.262 e. The van der Waals surface area contributed by atoms with Gasteiger partial charge in [0.05, 0.1) is 26.4 Å². The Balaban J connectivity index is 1.61. The summed E-state index contributed by atoms with van der Waals surface area (Å²) in [6, 6.07) is 19.0. The monoisotopic (exact) mass is 680 g/mol. The number of aromatic hydroxyl groups is 1. The van der Waals surface area contributed by atoms with Crippen LogP contribution in [0.4, 0.5) is 20.2 Å². The lowest BCUT2D eigenvalue weighted by atomic mass is 9.88. The Morgan fingerprint density at radius 3 is 2.45 bits per heavy atom. The van der Waals surface area contributed by atoms with Crippen LogP contribution in [0, 0.1) is 17.0 Å². The van der Waals surface area contributed by atoms with Gasteiger partial charge in [-0.15, -0.1) is 0 Å². The summed E-state index contributed by atoms with van der Waals surface area (Å²) in [4.78, 5) is 15.1. The second kappa shape index (κ2) is 11.0. The van der Waals surface area contributed by atoms with E-state index in [1.807, 2.05) is 0 Å². The van der Waals surface area contributed by atoms with Crippen molar-refractivity contribution in [3.8, 4) is 17.2 Å². The number of carbonyl (C=O) groups is 1. The van der Waals surface area contributed by atoms with Crippen molar-refractivity contribution < 1.29 is 31.8 Å². The van der Waals surface area contributed by atoms with E-state index in [2.05, 4.69) is 21.2 Å². The molecule has 6 rings (SSSR count). The van der Waals surface area contributed by atoms with E-state index < -0.39 is 38.8 Å². The number of benzene rings is 4. The molecule has 0 saturated heterocycles. The summed E-state index contributed by atoms with van der Waals surface area (Å²) in [5.74, 6) is -2.57. The first-order valence-corrected chi connectivity index (χ1v) is 16.2. The van der Waals surface area contributed by atoms with Gasteiger partial charge in [-0.05, 0) is 76.3 Å². The number of phenolic OH excluding ortho intramolecular Hbond substituents is 1. The number of sulfone groups is 1. The third-order valence-electron chi connectivity index (χ3n) is 7.59. The van der Waals surface area contributed by atoms with Gasteiger partial charge in [-0.1, -0.05) is 44.2 Å². The van der Waals surface area contributed by atoms with Crippen LogP contribution >= 0.6 is 15.9 Å². The number of hydrogen-bond donors (Lipinski definition) is 2. The van der Waals surface area contributed by atoms with Gasteiger partial charge in [0.25, 0.3) is 5.91 Å². The van der Waals surface area contributed by atoms with E-state index in [0.717, 1.165) is 17.0 Å². The number of phenols is 1. The standard InChI is InChI=1S/C33H27BrF2N2O5S/c1-33(2)17-25-31(44(41,42)18-33)30(20-15-14-19(16-24(20)36)43-28-13-6-4-9-22(28)34)38(26-11-7-12-27(39)29(26)37-25)32(40)21-8-3-5-10-23(21)35/h3-16,30,37,39H,17-18H2,1-2H3. The highest BCUT2D eigenvalue weighted by Gasteiger charge is 2.48. The van der Waals surface area contributed by atoms with Crippen LogP contribution in [-0.2, 0) is 9.84 Å². The van der Waals surface area contributed by atoms with Crippen molar-refractivity contribution in [2.45, 2.75) is 26.3 Å². The zero-order valence-corrected chi connectivity index (χ0v) is 26.0.